The van der Waals surface area contributed by atoms with E-state index in [0.717, 1.165) is 18.6 Å². The number of nitrogens with one attached hydrogen (secondary N) is 2. The molecule has 2 N–H and O–H groups in total. The van der Waals surface area contributed by atoms with Crippen molar-refractivity contribution in [3.05, 3.63) is 53.4 Å². The minimum Gasteiger partial charge on any atom is -0.469 e. The highest BCUT2D eigenvalue weighted by Gasteiger charge is 2.33. The number of carbonyl (C=O) groups is 2. The fraction of sp³-hybridized carbons (Fsp3) is 0.429. The minimum absolute atomic E-state index is 0.198. The molecule has 1 saturated heterocycles. The largest absolute Gasteiger partial charge is 0.469 e. The maximum atomic E-state index is 13.1. The fourth-order valence-corrected chi connectivity index (χ4v) is 5.44. The number of halogens is 1. The Morgan fingerprint density at radius 2 is 1.77 bits per heavy atom. The molecule has 2 amide bonds. The molecule has 0 spiro atoms. The van der Waals surface area contributed by atoms with Crippen molar-refractivity contribution in [3.8, 4) is 0 Å². The van der Waals surface area contributed by atoms with Crippen molar-refractivity contribution in [3.63, 3.8) is 0 Å². The Kier molecular flexibility index (Phi) is 8.11. The second kappa shape index (κ2) is 10.8. The van der Waals surface area contributed by atoms with Crippen molar-refractivity contribution in [2.24, 2.45) is 0 Å². The van der Waals surface area contributed by atoms with Crippen molar-refractivity contribution < 1.29 is 22.4 Å². The molecule has 1 aliphatic rings. The van der Waals surface area contributed by atoms with Gasteiger partial charge in [-0.25, -0.2) is 8.42 Å². The number of sulfonamides is 1. The number of nitrogens with zero attached hydrogens (tertiary/aromatic N) is 1. The summed E-state index contributed by atoms with van der Waals surface area (Å²) in [6.07, 6.45) is 4.87. The summed E-state index contributed by atoms with van der Waals surface area (Å²) in [6, 6.07) is 9.41. The van der Waals surface area contributed by atoms with Crippen LogP contribution in [0.3, 0.4) is 0 Å². The van der Waals surface area contributed by atoms with E-state index in [1.807, 2.05) is 0 Å². The van der Waals surface area contributed by atoms with Gasteiger partial charge in [-0.05, 0) is 55.7 Å². The second-order valence-electron chi connectivity index (χ2n) is 7.35. The normalized spacial score (nSPS) is 17.3. The number of hydrogen-bond donors (Lipinski definition) is 2. The van der Waals surface area contributed by atoms with E-state index in [1.165, 1.54) is 16.4 Å². The van der Waals surface area contributed by atoms with Crippen LogP contribution in [-0.2, 0) is 26.0 Å². The van der Waals surface area contributed by atoms with Crippen LogP contribution < -0.4 is 10.6 Å². The summed E-state index contributed by atoms with van der Waals surface area (Å²) >= 11 is 5.87. The zero-order chi connectivity index (χ0) is 22.3. The van der Waals surface area contributed by atoms with E-state index in [4.69, 9.17) is 16.0 Å². The van der Waals surface area contributed by atoms with Crippen molar-refractivity contribution in [1.29, 1.82) is 0 Å². The molecule has 3 rings (SSSR count). The number of furan rings is 1. The van der Waals surface area contributed by atoms with Crippen LogP contribution in [0.2, 0.25) is 5.02 Å². The van der Waals surface area contributed by atoms with Crippen LogP contribution in [0.5, 0.6) is 0 Å². The molecule has 1 aromatic carbocycles. The SMILES string of the molecule is O=C(NCCc1ccco1)C(=O)NCC[C@@H]1CCCCN1S(=O)(=O)c1ccc(Cl)cc1. The number of hydrogen-bond acceptors (Lipinski definition) is 5. The Bertz CT molecular complexity index is 977. The second-order valence-corrected chi connectivity index (χ2v) is 9.68. The van der Waals surface area contributed by atoms with Gasteiger partial charge in [0.25, 0.3) is 0 Å². The van der Waals surface area contributed by atoms with Crippen LogP contribution in [0.4, 0.5) is 0 Å². The third kappa shape index (κ3) is 6.32. The molecule has 0 unspecified atom stereocenters. The summed E-state index contributed by atoms with van der Waals surface area (Å²) in [5.74, 6) is -0.733. The maximum Gasteiger partial charge on any atom is 0.309 e. The van der Waals surface area contributed by atoms with Crippen LogP contribution in [0.1, 0.15) is 31.4 Å². The third-order valence-corrected chi connectivity index (χ3v) is 7.42. The summed E-state index contributed by atoms with van der Waals surface area (Å²) < 4.78 is 32.8. The Morgan fingerprint density at radius 3 is 2.45 bits per heavy atom. The van der Waals surface area contributed by atoms with Gasteiger partial charge in [-0.2, -0.15) is 4.31 Å². The zero-order valence-electron chi connectivity index (χ0n) is 17.1. The van der Waals surface area contributed by atoms with Crippen LogP contribution in [-0.4, -0.2) is 50.2 Å². The molecule has 0 aliphatic carbocycles. The maximum absolute atomic E-state index is 13.1. The van der Waals surface area contributed by atoms with Crippen molar-refractivity contribution >= 4 is 33.4 Å². The molecule has 1 atom stereocenters. The first-order chi connectivity index (χ1) is 14.9. The quantitative estimate of drug-likeness (QED) is 0.579. The first kappa shape index (κ1) is 23.3. The lowest BCUT2D eigenvalue weighted by Crippen LogP contribution is -2.46. The topological polar surface area (TPSA) is 109 Å². The first-order valence-electron chi connectivity index (χ1n) is 10.2. The first-order valence-corrected chi connectivity index (χ1v) is 12.1. The van der Waals surface area contributed by atoms with E-state index >= 15 is 0 Å². The number of rotatable bonds is 8. The molecular weight excluding hydrogens is 442 g/mol. The molecule has 2 heterocycles. The molecule has 2 aromatic rings. The smallest absolute Gasteiger partial charge is 0.309 e. The van der Waals surface area contributed by atoms with Gasteiger partial charge in [0.15, 0.2) is 0 Å². The number of piperidine rings is 1. The Balaban J connectivity index is 1.49. The average Bonchev–Trinajstić information content (AvgIpc) is 3.27. The van der Waals surface area contributed by atoms with Crippen LogP contribution in [0, 0.1) is 0 Å². The number of benzene rings is 1. The third-order valence-electron chi connectivity index (χ3n) is 5.20. The van der Waals surface area contributed by atoms with Gasteiger partial charge in [-0.15, -0.1) is 0 Å². The van der Waals surface area contributed by atoms with Gasteiger partial charge >= 0.3 is 11.8 Å². The molecular formula is C21H26ClN3O5S. The molecule has 10 heteroatoms. The summed E-state index contributed by atoms with van der Waals surface area (Å²) in [5.41, 5.74) is 0. The van der Waals surface area contributed by atoms with Gasteiger partial charge in [-0.1, -0.05) is 18.0 Å². The van der Waals surface area contributed by atoms with E-state index in [0.29, 0.717) is 30.8 Å². The van der Waals surface area contributed by atoms with Crippen LogP contribution in [0.25, 0.3) is 0 Å². The van der Waals surface area contributed by atoms with Gasteiger partial charge in [0.05, 0.1) is 11.2 Å². The summed E-state index contributed by atoms with van der Waals surface area (Å²) in [7, 11) is -3.65. The predicted octanol–water partition coefficient (Wildman–Crippen LogP) is 2.34. The number of amides is 2. The number of carbonyl (C=O) groups excluding carboxylic acids is 2. The van der Waals surface area contributed by atoms with E-state index in [2.05, 4.69) is 10.6 Å². The van der Waals surface area contributed by atoms with Gasteiger partial charge in [0.1, 0.15) is 5.76 Å². The van der Waals surface area contributed by atoms with Gasteiger partial charge in [0, 0.05) is 37.1 Å². The minimum atomic E-state index is -3.65. The van der Waals surface area contributed by atoms with Crippen LogP contribution in [0.15, 0.2) is 52.0 Å². The van der Waals surface area contributed by atoms with Gasteiger partial charge < -0.3 is 15.1 Å². The molecule has 31 heavy (non-hydrogen) atoms. The van der Waals surface area contributed by atoms with Gasteiger partial charge in [-0.3, -0.25) is 9.59 Å². The highest BCUT2D eigenvalue weighted by molar-refractivity contribution is 7.89. The Labute approximate surface area is 187 Å². The van der Waals surface area contributed by atoms with E-state index in [9.17, 15) is 18.0 Å². The molecule has 0 bridgehead atoms. The highest BCUT2D eigenvalue weighted by atomic mass is 35.5. The average molecular weight is 468 g/mol. The molecule has 168 valence electrons. The molecule has 1 aliphatic heterocycles. The standard InChI is InChI=1S/C21H26ClN3O5S/c22-16-6-8-19(9-7-16)31(28,29)25-14-2-1-4-17(25)10-12-23-20(26)21(27)24-13-11-18-5-3-15-30-18/h3,5-9,15,17H,1-2,4,10-14H2,(H,23,26)(H,24,27)/t17-/m0/s1. The summed E-state index contributed by atoms with van der Waals surface area (Å²) in [4.78, 5) is 24.1. The van der Waals surface area contributed by atoms with Gasteiger partial charge in [0.2, 0.25) is 10.0 Å². The van der Waals surface area contributed by atoms with E-state index in [1.54, 1.807) is 30.5 Å². The molecule has 0 radical (unpaired) electrons. The fourth-order valence-electron chi connectivity index (χ4n) is 3.59. The molecule has 1 fully saturated rings. The van der Waals surface area contributed by atoms with E-state index in [-0.39, 0.29) is 24.0 Å². The van der Waals surface area contributed by atoms with Crippen molar-refractivity contribution in [2.45, 2.75) is 43.0 Å². The Hall–Kier alpha value is -2.36. The lowest BCUT2D eigenvalue weighted by Gasteiger charge is -2.34. The summed E-state index contributed by atoms with van der Waals surface area (Å²) in [6.45, 7) is 0.925. The zero-order valence-corrected chi connectivity index (χ0v) is 18.6. The Morgan fingerprint density at radius 1 is 1.06 bits per heavy atom. The van der Waals surface area contributed by atoms with Crippen molar-refractivity contribution in [1.82, 2.24) is 14.9 Å². The monoisotopic (exact) mass is 467 g/mol. The lowest BCUT2D eigenvalue weighted by molar-refractivity contribution is -0.139. The van der Waals surface area contributed by atoms with E-state index < -0.39 is 21.8 Å². The summed E-state index contributed by atoms with van der Waals surface area (Å²) in [5, 5.41) is 5.59. The predicted molar refractivity (Wildman–Crippen MR) is 116 cm³/mol. The lowest BCUT2D eigenvalue weighted by atomic mass is 10.0. The van der Waals surface area contributed by atoms with Crippen molar-refractivity contribution in [2.75, 3.05) is 19.6 Å². The molecule has 8 nitrogen and oxygen atoms in total. The molecule has 0 saturated carbocycles. The van der Waals surface area contributed by atoms with Crippen LogP contribution >= 0.6 is 11.6 Å². The highest BCUT2D eigenvalue weighted by Crippen LogP contribution is 2.27. The molecule has 1 aromatic heterocycles.